The van der Waals surface area contributed by atoms with Crippen LogP contribution in [0.15, 0.2) is 0 Å². The maximum absolute atomic E-state index is 3.48. The lowest BCUT2D eigenvalue weighted by Gasteiger charge is -2.34. The van der Waals surface area contributed by atoms with Gasteiger partial charge in [0.1, 0.15) is 0 Å². The Kier molecular flexibility index (Phi) is 4.70. The number of hydrogen-bond donors (Lipinski definition) is 1. The summed E-state index contributed by atoms with van der Waals surface area (Å²) in [5.74, 6) is 0. The molecule has 3 nitrogen and oxygen atoms in total. The van der Waals surface area contributed by atoms with E-state index in [1.54, 1.807) is 0 Å². The summed E-state index contributed by atoms with van der Waals surface area (Å²) in [5, 5.41) is 3.48. The Labute approximate surface area is 82.1 Å². The van der Waals surface area contributed by atoms with Gasteiger partial charge < -0.3 is 10.2 Å². The van der Waals surface area contributed by atoms with E-state index < -0.39 is 0 Å². The summed E-state index contributed by atoms with van der Waals surface area (Å²) in [6.07, 6.45) is 3.15. The van der Waals surface area contributed by atoms with Crippen LogP contribution in [0.5, 0.6) is 0 Å². The van der Waals surface area contributed by atoms with Gasteiger partial charge in [-0.2, -0.15) is 0 Å². The minimum atomic E-state index is 0.580. The number of nitrogens with one attached hydrogen (secondary N) is 1. The van der Waals surface area contributed by atoms with Crippen LogP contribution in [0.1, 0.15) is 19.8 Å². The van der Waals surface area contributed by atoms with Gasteiger partial charge in [0, 0.05) is 13.1 Å². The van der Waals surface area contributed by atoms with E-state index >= 15 is 0 Å². The van der Waals surface area contributed by atoms with Gasteiger partial charge in [-0.15, -0.1) is 0 Å². The molecule has 3 heteroatoms. The predicted octanol–water partition coefficient (Wildman–Crippen LogP) is 0.579. The van der Waals surface area contributed by atoms with Crippen LogP contribution >= 0.6 is 0 Å². The highest BCUT2D eigenvalue weighted by atomic mass is 15.3. The van der Waals surface area contributed by atoms with Crippen molar-refractivity contribution in [3.8, 4) is 0 Å². The Hall–Kier alpha value is -0.120. The quantitative estimate of drug-likeness (QED) is 0.691. The molecular weight excluding hydrogens is 162 g/mol. The number of rotatable bonds is 4. The van der Waals surface area contributed by atoms with E-state index in [0.717, 1.165) is 0 Å². The zero-order chi connectivity index (χ0) is 9.68. The molecule has 1 rings (SSSR count). The molecule has 1 saturated heterocycles. The van der Waals surface area contributed by atoms with Gasteiger partial charge in [-0.1, -0.05) is 0 Å². The number of hydrogen-bond acceptors (Lipinski definition) is 3. The van der Waals surface area contributed by atoms with E-state index in [1.165, 1.54) is 39.0 Å². The van der Waals surface area contributed by atoms with E-state index in [2.05, 4.69) is 36.1 Å². The Morgan fingerprint density at radius 1 is 1.46 bits per heavy atom. The Morgan fingerprint density at radius 2 is 2.23 bits per heavy atom. The molecule has 0 saturated carbocycles. The Morgan fingerprint density at radius 3 is 2.85 bits per heavy atom. The lowest BCUT2D eigenvalue weighted by atomic mass is 10.2. The van der Waals surface area contributed by atoms with Crippen molar-refractivity contribution in [2.24, 2.45) is 0 Å². The second-order valence-corrected chi connectivity index (χ2v) is 4.18. The molecule has 0 aliphatic carbocycles. The summed E-state index contributed by atoms with van der Waals surface area (Å²) in [4.78, 5) is 4.79. The summed E-state index contributed by atoms with van der Waals surface area (Å²) in [6, 6.07) is 0. The van der Waals surface area contributed by atoms with E-state index in [0.29, 0.717) is 6.17 Å². The third-order valence-electron chi connectivity index (χ3n) is 2.66. The van der Waals surface area contributed by atoms with E-state index in [1.807, 2.05) is 0 Å². The van der Waals surface area contributed by atoms with Crippen molar-refractivity contribution in [1.82, 2.24) is 15.1 Å². The van der Waals surface area contributed by atoms with Gasteiger partial charge >= 0.3 is 0 Å². The molecule has 0 aromatic rings. The van der Waals surface area contributed by atoms with Gasteiger partial charge in [-0.3, -0.25) is 4.90 Å². The fraction of sp³-hybridized carbons (Fsp3) is 1.00. The van der Waals surface area contributed by atoms with Crippen LogP contribution in [0.25, 0.3) is 0 Å². The van der Waals surface area contributed by atoms with Crippen LogP contribution < -0.4 is 5.32 Å². The van der Waals surface area contributed by atoms with Gasteiger partial charge in [-0.05, 0) is 47.0 Å². The first kappa shape index (κ1) is 11.0. The van der Waals surface area contributed by atoms with Crippen LogP contribution in [0.4, 0.5) is 0 Å². The van der Waals surface area contributed by atoms with Crippen molar-refractivity contribution in [3.05, 3.63) is 0 Å². The molecule has 1 unspecified atom stereocenters. The molecule has 0 aromatic heterocycles. The maximum Gasteiger partial charge on any atom is 0.0567 e. The molecule has 1 heterocycles. The molecule has 78 valence electrons. The molecule has 1 fully saturated rings. The van der Waals surface area contributed by atoms with Crippen molar-refractivity contribution >= 4 is 0 Å². The topological polar surface area (TPSA) is 18.5 Å². The average molecular weight is 185 g/mol. The first-order valence-corrected chi connectivity index (χ1v) is 5.32. The van der Waals surface area contributed by atoms with Gasteiger partial charge in [0.05, 0.1) is 6.17 Å². The van der Waals surface area contributed by atoms with Crippen LogP contribution in [0, 0.1) is 0 Å². The summed E-state index contributed by atoms with van der Waals surface area (Å²) < 4.78 is 0. The summed E-state index contributed by atoms with van der Waals surface area (Å²) in [7, 11) is 4.27. The predicted molar refractivity (Wildman–Crippen MR) is 56.8 cm³/mol. The summed E-state index contributed by atoms with van der Waals surface area (Å²) in [5.41, 5.74) is 0. The highest BCUT2D eigenvalue weighted by Crippen LogP contribution is 2.04. The zero-order valence-corrected chi connectivity index (χ0v) is 9.21. The lowest BCUT2D eigenvalue weighted by molar-refractivity contribution is 0.138. The van der Waals surface area contributed by atoms with Gasteiger partial charge in [0.25, 0.3) is 0 Å². The normalized spacial score (nSPS) is 25.4. The highest BCUT2D eigenvalue weighted by Gasteiger charge is 2.16. The molecule has 1 aliphatic heterocycles. The minimum Gasteiger partial charge on any atom is -0.309 e. The molecular formula is C10H23N3. The zero-order valence-electron chi connectivity index (χ0n) is 9.21. The van der Waals surface area contributed by atoms with Crippen molar-refractivity contribution in [2.45, 2.75) is 25.9 Å². The molecule has 1 aliphatic rings. The molecule has 1 N–H and O–H groups in total. The molecule has 0 bridgehead atoms. The monoisotopic (exact) mass is 185 g/mol. The van der Waals surface area contributed by atoms with Crippen molar-refractivity contribution in [1.29, 1.82) is 0 Å². The van der Waals surface area contributed by atoms with Crippen LogP contribution in [-0.2, 0) is 0 Å². The smallest absolute Gasteiger partial charge is 0.0567 e. The third kappa shape index (κ3) is 4.07. The Bertz CT molecular complexity index is 136. The van der Waals surface area contributed by atoms with Crippen molar-refractivity contribution in [2.75, 3.05) is 40.3 Å². The van der Waals surface area contributed by atoms with Gasteiger partial charge in [0.15, 0.2) is 0 Å². The molecule has 1 atom stereocenters. The average Bonchev–Trinajstić information content (AvgIpc) is 2.08. The first-order chi connectivity index (χ1) is 6.20. The summed E-state index contributed by atoms with van der Waals surface area (Å²) >= 11 is 0. The molecule has 0 aromatic carbocycles. The van der Waals surface area contributed by atoms with Crippen LogP contribution in [0.2, 0.25) is 0 Å². The van der Waals surface area contributed by atoms with E-state index in [9.17, 15) is 0 Å². The van der Waals surface area contributed by atoms with Gasteiger partial charge in [-0.25, -0.2) is 0 Å². The van der Waals surface area contributed by atoms with E-state index in [4.69, 9.17) is 0 Å². The fourth-order valence-electron chi connectivity index (χ4n) is 1.81. The standard InChI is InChI=1S/C10H23N3/c1-10-11-6-4-8-13(10)9-5-7-12(2)3/h10-11H,4-9H2,1-3H3. The SMILES string of the molecule is CC1NCCCN1CCCN(C)C. The molecule has 13 heavy (non-hydrogen) atoms. The molecule has 0 spiro atoms. The van der Waals surface area contributed by atoms with Crippen LogP contribution in [-0.4, -0.2) is 56.2 Å². The molecule has 0 radical (unpaired) electrons. The second kappa shape index (κ2) is 5.58. The Balaban J connectivity index is 2.11. The minimum absolute atomic E-state index is 0.580. The fourth-order valence-corrected chi connectivity index (χ4v) is 1.81. The maximum atomic E-state index is 3.48. The van der Waals surface area contributed by atoms with Gasteiger partial charge in [0.2, 0.25) is 0 Å². The van der Waals surface area contributed by atoms with Crippen LogP contribution in [0.3, 0.4) is 0 Å². The summed E-state index contributed by atoms with van der Waals surface area (Å²) in [6.45, 7) is 7.14. The first-order valence-electron chi connectivity index (χ1n) is 5.32. The third-order valence-corrected chi connectivity index (χ3v) is 2.66. The largest absolute Gasteiger partial charge is 0.309 e. The van der Waals surface area contributed by atoms with Crippen molar-refractivity contribution < 1.29 is 0 Å². The lowest BCUT2D eigenvalue weighted by Crippen LogP contribution is -2.50. The molecule has 0 amide bonds. The van der Waals surface area contributed by atoms with E-state index in [-0.39, 0.29) is 0 Å². The number of nitrogens with zero attached hydrogens (tertiary/aromatic N) is 2. The van der Waals surface area contributed by atoms with Crippen molar-refractivity contribution in [3.63, 3.8) is 0 Å². The highest BCUT2D eigenvalue weighted by molar-refractivity contribution is 4.71. The second-order valence-electron chi connectivity index (χ2n) is 4.18.